The van der Waals surface area contributed by atoms with Crippen LogP contribution in [0.25, 0.3) is 0 Å². The average molecular weight is 327 g/mol. The van der Waals surface area contributed by atoms with Crippen LogP contribution in [0.5, 0.6) is 0 Å². The molecule has 0 saturated heterocycles. The molecule has 2 atom stereocenters. The Kier molecular flexibility index (Phi) is 8.46. The fourth-order valence-corrected chi connectivity index (χ4v) is 2.84. The van der Waals surface area contributed by atoms with Crippen LogP contribution in [-0.4, -0.2) is 37.0 Å². The van der Waals surface area contributed by atoms with Gasteiger partial charge in [-0.25, -0.2) is 0 Å². The van der Waals surface area contributed by atoms with Crippen LogP contribution in [-0.2, 0) is 16.1 Å². The molecular formula is C17H27ClN2O2. The largest absolute Gasteiger partial charge is 0.375 e. The van der Waals surface area contributed by atoms with Crippen molar-refractivity contribution < 1.29 is 9.53 Å². The van der Waals surface area contributed by atoms with Crippen molar-refractivity contribution >= 4 is 18.3 Å². The van der Waals surface area contributed by atoms with Gasteiger partial charge in [-0.3, -0.25) is 4.79 Å². The minimum atomic E-state index is 0. The Morgan fingerprint density at radius 1 is 1.32 bits per heavy atom. The summed E-state index contributed by atoms with van der Waals surface area (Å²) in [5, 5.41) is 0. The van der Waals surface area contributed by atoms with E-state index in [1.165, 1.54) is 0 Å². The normalized spacial score (nSPS) is 21.0. The van der Waals surface area contributed by atoms with Gasteiger partial charge in [-0.2, -0.15) is 0 Å². The Morgan fingerprint density at radius 2 is 2.05 bits per heavy atom. The molecule has 0 heterocycles. The molecule has 1 aliphatic carbocycles. The summed E-state index contributed by atoms with van der Waals surface area (Å²) >= 11 is 0. The number of likely N-dealkylation sites (N-methyl/N-ethyl adjacent to an activating group) is 1. The fraction of sp³-hybridized carbons (Fsp3) is 0.588. The second kappa shape index (κ2) is 9.82. The molecule has 0 bridgehead atoms. The average Bonchev–Trinajstić information content (AvgIpc) is 2.51. The third-order valence-electron chi connectivity index (χ3n) is 4.12. The smallest absolute Gasteiger partial charge is 0.225 e. The van der Waals surface area contributed by atoms with Gasteiger partial charge in [-0.15, -0.1) is 12.4 Å². The highest BCUT2D eigenvalue weighted by atomic mass is 35.5. The lowest BCUT2D eigenvalue weighted by Crippen LogP contribution is -2.40. The molecule has 4 nitrogen and oxygen atoms in total. The van der Waals surface area contributed by atoms with Crippen LogP contribution < -0.4 is 5.73 Å². The van der Waals surface area contributed by atoms with Gasteiger partial charge in [-0.1, -0.05) is 36.8 Å². The fourth-order valence-electron chi connectivity index (χ4n) is 2.84. The molecule has 22 heavy (non-hydrogen) atoms. The molecule has 2 N–H and O–H groups in total. The monoisotopic (exact) mass is 326 g/mol. The summed E-state index contributed by atoms with van der Waals surface area (Å²) in [7, 11) is 1.86. The highest BCUT2D eigenvalue weighted by Gasteiger charge is 2.27. The maximum absolute atomic E-state index is 12.3. The second-order valence-electron chi connectivity index (χ2n) is 5.92. The number of nitrogens with zero attached hydrogens (tertiary/aromatic N) is 1. The summed E-state index contributed by atoms with van der Waals surface area (Å²) in [5.41, 5.74) is 7.11. The predicted molar refractivity (Wildman–Crippen MR) is 90.9 cm³/mol. The van der Waals surface area contributed by atoms with Crippen molar-refractivity contribution in [3.8, 4) is 0 Å². The second-order valence-corrected chi connectivity index (χ2v) is 5.92. The molecule has 124 valence electrons. The molecule has 0 aliphatic heterocycles. The molecule has 0 radical (unpaired) electrons. The Labute approximate surface area is 139 Å². The molecule has 1 aliphatic rings. The van der Waals surface area contributed by atoms with E-state index in [4.69, 9.17) is 10.5 Å². The molecule has 2 unspecified atom stereocenters. The molecule has 1 aromatic rings. The van der Waals surface area contributed by atoms with Crippen LogP contribution in [0.2, 0.25) is 0 Å². The van der Waals surface area contributed by atoms with Crippen LogP contribution in [0, 0.1) is 5.92 Å². The van der Waals surface area contributed by atoms with Crippen LogP contribution in [0.15, 0.2) is 30.3 Å². The number of nitrogens with two attached hydrogens (primary N) is 1. The van der Waals surface area contributed by atoms with E-state index >= 15 is 0 Å². The first-order valence-electron chi connectivity index (χ1n) is 7.79. The van der Waals surface area contributed by atoms with E-state index in [0.717, 1.165) is 31.2 Å². The van der Waals surface area contributed by atoms with Gasteiger partial charge < -0.3 is 15.4 Å². The highest BCUT2D eigenvalue weighted by Crippen LogP contribution is 2.24. The van der Waals surface area contributed by atoms with Crippen LogP contribution >= 0.6 is 12.4 Å². The zero-order chi connectivity index (χ0) is 15.1. The first kappa shape index (κ1) is 18.9. The molecule has 1 saturated carbocycles. The predicted octanol–water partition coefficient (Wildman–Crippen LogP) is 2.60. The van der Waals surface area contributed by atoms with Crippen molar-refractivity contribution in [2.75, 3.05) is 20.2 Å². The standard InChI is InChI=1S/C17H26N2O2.ClH/c1-19(17(20)15-8-5-9-16(18)12-15)10-11-21-13-14-6-3-2-4-7-14;/h2-4,6-7,15-16H,5,8-13,18H2,1H3;1H. The zero-order valence-corrected chi connectivity index (χ0v) is 14.1. The number of carbonyl (C=O) groups is 1. The zero-order valence-electron chi connectivity index (χ0n) is 13.2. The van der Waals surface area contributed by atoms with Gasteiger partial charge in [0.05, 0.1) is 13.2 Å². The van der Waals surface area contributed by atoms with E-state index in [9.17, 15) is 4.79 Å². The topological polar surface area (TPSA) is 55.6 Å². The lowest BCUT2D eigenvalue weighted by Gasteiger charge is -2.29. The summed E-state index contributed by atoms with van der Waals surface area (Å²) in [5.74, 6) is 0.321. The molecule has 1 fully saturated rings. The minimum Gasteiger partial charge on any atom is -0.375 e. The Bertz CT molecular complexity index is 442. The number of hydrogen-bond donors (Lipinski definition) is 1. The summed E-state index contributed by atoms with van der Waals surface area (Å²) in [6.45, 7) is 1.80. The third-order valence-corrected chi connectivity index (χ3v) is 4.12. The molecular weight excluding hydrogens is 300 g/mol. The van der Waals surface area contributed by atoms with Crippen LogP contribution in [0.4, 0.5) is 0 Å². The summed E-state index contributed by atoms with van der Waals surface area (Å²) in [6.07, 6.45) is 3.92. The van der Waals surface area contributed by atoms with E-state index in [0.29, 0.717) is 19.8 Å². The van der Waals surface area contributed by atoms with Gasteiger partial charge in [0.15, 0.2) is 0 Å². The van der Waals surface area contributed by atoms with Crippen molar-refractivity contribution in [1.82, 2.24) is 4.90 Å². The molecule has 0 aromatic heterocycles. The van der Waals surface area contributed by atoms with Gasteiger partial charge in [-0.05, 0) is 24.8 Å². The van der Waals surface area contributed by atoms with Gasteiger partial charge in [0.2, 0.25) is 5.91 Å². The van der Waals surface area contributed by atoms with Gasteiger partial charge in [0, 0.05) is 25.6 Å². The van der Waals surface area contributed by atoms with E-state index in [2.05, 4.69) is 0 Å². The van der Waals surface area contributed by atoms with Gasteiger partial charge in [0.1, 0.15) is 0 Å². The number of amides is 1. The lowest BCUT2D eigenvalue weighted by atomic mass is 9.85. The maximum atomic E-state index is 12.3. The molecule has 1 amide bonds. The van der Waals surface area contributed by atoms with E-state index < -0.39 is 0 Å². The maximum Gasteiger partial charge on any atom is 0.225 e. The molecule has 2 rings (SSSR count). The van der Waals surface area contributed by atoms with Gasteiger partial charge >= 0.3 is 0 Å². The highest BCUT2D eigenvalue weighted by molar-refractivity contribution is 5.85. The third kappa shape index (κ3) is 5.95. The van der Waals surface area contributed by atoms with Crippen molar-refractivity contribution in [2.24, 2.45) is 11.7 Å². The van der Waals surface area contributed by atoms with Crippen molar-refractivity contribution in [2.45, 2.75) is 38.3 Å². The number of halogens is 1. The number of benzene rings is 1. The number of hydrogen-bond acceptors (Lipinski definition) is 3. The van der Waals surface area contributed by atoms with Crippen molar-refractivity contribution in [3.05, 3.63) is 35.9 Å². The first-order valence-corrected chi connectivity index (χ1v) is 7.79. The Hall–Kier alpha value is -1.10. The molecule has 5 heteroatoms. The summed E-state index contributed by atoms with van der Waals surface area (Å²) < 4.78 is 5.63. The minimum absolute atomic E-state index is 0. The lowest BCUT2D eigenvalue weighted by molar-refractivity contribution is -0.136. The quantitative estimate of drug-likeness (QED) is 0.817. The van der Waals surface area contributed by atoms with Crippen LogP contribution in [0.1, 0.15) is 31.2 Å². The van der Waals surface area contributed by atoms with Crippen LogP contribution in [0.3, 0.4) is 0 Å². The Balaban J connectivity index is 0.00000242. The van der Waals surface area contributed by atoms with E-state index in [1.54, 1.807) is 4.90 Å². The number of rotatable bonds is 6. The number of ether oxygens (including phenoxy) is 1. The van der Waals surface area contributed by atoms with Gasteiger partial charge in [0.25, 0.3) is 0 Å². The Morgan fingerprint density at radius 3 is 2.73 bits per heavy atom. The summed E-state index contributed by atoms with van der Waals surface area (Å²) in [4.78, 5) is 14.1. The SMILES string of the molecule is CN(CCOCc1ccccc1)C(=O)C1CCCC(N)C1.Cl. The van der Waals surface area contributed by atoms with Crippen molar-refractivity contribution in [3.63, 3.8) is 0 Å². The first-order chi connectivity index (χ1) is 10.2. The summed E-state index contributed by atoms with van der Waals surface area (Å²) in [6, 6.07) is 10.3. The van der Waals surface area contributed by atoms with E-state index in [1.807, 2.05) is 37.4 Å². The van der Waals surface area contributed by atoms with E-state index in [-0.39, 0.29) is 30.3 Å². The number of carbonyl (C=O) groups excluding carboxylic acids is 1. The van der Waals surface area contributed by atoms with Crippen molar-refractivity contribution in [1.29, 1.82) is 0 Å². The molecule has 1 aromatic carbocycles. The molecule has 0 spiro atoms.